The Labute approximate surface area is 175 Å². The molecular weight excluding hydrogens is 470 g/mol. The molecule has 0 bridgehead atoms. The topological polar surface area (TPSA) is 49.4 Å². The molecule has 4 rings (SSSR count). The van der Waals surface area contributed by atoms with Crippen molar-refractivity contribution < 1.29 is 14.0 Å². The molecule has 0 unspecified atom stereocenters. The third-order valence-electron chi connectivity index (χ3n) is 4.70. The van der Waals surface area contributed by atoms with Crippen LogP contribution in [-0.2, 0) is 6.42 Å². The van der Waals surface area contributed by atoms with E-state index < -0.39 is 11.7 Å². The van der Waals surface area contributed by atoms with Crippen LogP contribution in [-0.4, -0.2) is 18.4 Å². The Hall–Kier alpha value is -2.74. The highest BCUT2D eigenvalue weighted by molar-refractivity contribution is 14.1. The summed E-state index contributed by atoms with van der Waals surface area (Å²) < 4.78 is 14.1. The second-order valence-electron chi connectivity index (χ2n) is 6.49. The van der Waals surface area contributed by atoms with Crippen LogP contribution in [0.3, 0.4) is 0 Å². The molecule has 4 nitrogen and oxygen atoms in total. The fraction of sp³-hybridized carbons (Fsp3) is 0.0909. The number of fused-ring (bicyclic) bond motifs is 1. The summed E-state index contributed by atoms with van der Waals surface area (Å²) in [5.41, 5.74) is 3.49. The number of para-hydroxylation sites is 1. The van der Waals surface area contributed by atoms with Crippen LogP contribution in [0.15, 0.2) is 66.7 Å². The smallest absolute Gasteiger partial charge is 0.258 e. The van der Waals surface area contributed by atoms with E-state index in [2.05, 4.69) is 5.32 Å². The van der Waals surface area contributed by atoms with E-state index in [9.17, 15) is 14.0 Å². The van der Waals surface area contributed by atoms with Crippen molar-refractivity contribution in [3.63, 3.8) is 0 Å². The number of nitrogens with one attached hydrogen (secondary N) is 1. The normalized spacial score (nSPS) is 12.6. The summed E-state index contributed by atoms with van der Waals surface area (Å²) in [4.78, 5) is 27.0. The molecule has 28 heavy (non-hydrogen) atoms. The van der Waals surface area contributed by atoms with Crippen LogP contribution in [0.2, 0.25) is 0 Å². The van der Waals surface area contributed by atoms with Gasteiger partial charge in [0.2, 0.25) is 0 Å². The SMILES string of the molecule is O=C(Nc1ccc(C(=O)N2CCc3ccccc32)cc1)c1cc(F)ccc1I. The van der Waals surface area contributed by atoms with Crippen molar-refractivity contribution in [3.8, 4) is 0 Å². The lowest BCUT2D eigenvalue weighted by Gasteiger charge is -2.17. The lowest BCUT2D eigenvalue weighted by atomic mass is 10.1. The Morgan fingerprint density at radius 2 is 1.75 bits per heavy atom. The molecule has 0 radical (unpaired) electrons. The van der Waals surface area contributed by atoms with Gasteiger partial charge in [0, 0.05) is 27.1 Å². The van der Waals surface area contributed by atoms with Crippen LogP contribution >= 0.6 is 22.6 Å². The number of carbonyl (C=O) groups excluding carboxylic acids is 2. The van der Waals surface area contributed by atoms with Gasteiger partial charge >= 0.3 is 0 Å². The molecule has 0 fully saturated rings. The number of halogens is 2. The minimum absolute atomic E-state index is 0.0671. The number of benzene rings is 3. The van der Waals surface area contributed by atoms with Crippen molar-refractivity contribution >= 4 is 45.8 Å². The highest BCUT2D eigenvalue weighted by Crippen LogP contribution is 2.29. The summed E-state index contributed by atoms with van der Waals surface area (Å²) in [6.07, 6.45) is 0.850. The molecule has 0 saturated carbocycles. The van der Waals surface area contributed by atoms with E-state index in [1.165, 1.54) is 17.7 Å². The molecule has 1 heterocycles. The van der Waals surface area contributed by atoms with Gasteiger partial charge in [-0.1, -0.05) is 18.2 Å². The average Bonchev–Trinajstić information content (AvgIpc) is 3.14. The van der Waals surface area contributed by atoms with Gasteiger partial charge in [-0.15, -0.1) is 0 Å². The van der Waals surface area contributed by atoms with E-state index in [0.717, 1.165) is 12.1 Å². The highest BCUT2D eigenvalue weighted by Gasteiger charge is 2.25. The van der Waals surface area contributed by atoms with Gasteiger partial charge in [0.1, 0.15) is 5.82 Å². The first-order valence-corrected chi connectivity index (χ1v) is 9.87. The molecular formula is C22H16FIN2O2. The number of hydrogen-bond acceptors (Lipinski definition) is 2. The van der Waals surface area contributed by atoms with Crippen molar-refractivity contribution in [1.29, 1.82) is 0 Å². The number of nitrogens with zero attached hydrogens (tertiary/aromatic N) is 1. The van der Waals surface area contributed by atoms with Crippen molar-refractivity contribution in [2.75, 3.05) is 16.8 Å². The highest BCUT2D eigenvalue weighted by atomic mass is 127. The van der Waals surface area contributed by atoms with Crippen molar-refractivity contribution in [2.45, 2.75) is 6.42 Å². The molecule has 1 aliphatic heterocycles. The second kappa shape index (κ2) is 7.71. The Morgan fingerprint density at radius 3 is 2.54 bits per heavy atom. The zero-order valence-corrected chi connectivity index (χ0v) is 16.9. The summed E-state index contributed by atoms with van der Waals surface area (Å²) in [6, 6.07) is 18.7. The van der Waals surface area contributed by atoms with Crippen LogP contribution < -0.4 is 10.2 Å². The maximum atomic E-state index is 13.4. The van der Waals surface area contributed by atoms with Crippen molar-refractivity contribution in [1.82, 2.24) is 0 Å². The first-order chi connectivity index (χ1) is 13.5. The van der Waals surface area contributed by atoms with Gasteiger partial charge in [0.05, 0.1) is 5.56 Å². The Kier molecular flexibility index (Phi) is 5.13. The standard InChI is InChI=1S/C22H16FIN2O2/c23-16-7-10-19(24)18(13-16)21(27)25-17-8-5-15(6-9-17)22(28)26-12-11-14-3-1-2-4-20(14)26/h1-10,13H,11-12H2,(H,25,27). The summed E-state index contributed by atoms with van der Waals surface area (Å²) in [5, 5.41) is 2.74. The van der Waals surface area contributed by atoms with E-state index >= 15 is 0 Å². The third kappa shape index (κ3) is 3.64. The fourth-order valence-electron chi connectivity index (χ4n) is 3.27. The Bertz CT molecular complexity index is 1070. The van der Waals surface area contributed by atoms with Gasteiger partial charge in [-0.3, -0.25) is 9.59 Å². The monoisotopic (exact) mass is 486 g/mol. The molecule has 2 amide bonds. The van der Waals surface area contributed by atoms with E-state index in [0.29, 0.717) is 21.4 Å². The molecule has 0 spiro atoms. The molecule has 0 aromatic heterocycles. The Morgan fingerprint density at radius 1 is 1.00 bits per heavy atom. The zero-order chi connectivity index (χ0) is 19.7. The quantitative estimate of drug-likeness (QED) is 0.537. The second-order valence-corrected chi connectivity index (χ2v) is 7.65. The van der Waals surface area contributed by atoms with Gasteiger partial charge in [-0.2, -0.15) is 0 Å². The van der Waals surface area contributed by atoms with E-state index in [1.807, 2.05) is 46.9 Å². The van der Waals surface area contributed by atoms with Crippen molar-refractivity contribution in [2.24, 2.45) is 0 Å². The molecule has 3 aromatic carbocycles. The van der Waals surface area contributed by atoms with Gasteiger partial charge in [-0.25, -0.2) is 4.39 Å². The Balaban J connectivity index is 1.49. The average molecular weight is 486 g/mol. The number of amides is 2. The minimum atomic E-state index is -0.461. The van der Waals surface area contributed by atoms with E-state index in [1.54, 1.807) is 35.2 Å². The first-order valence-electron chi connectivity index (χ1n) is 8.79. The number of anilines is 2. The van der Waals surface area contributed by atoms with Gasteiger partial charge in [0.25, 0.3) is 11.8 Å². The maximum Gasteiger partial charge on any atom is 0.258 e. The predicted molar refractivity (Wildman–Crippen MR) is 115 cm³/mol. The summed E-state index contributed by atoms with van der Waals surface area (Å²) in [5.74, 6) is -0.920. The van der Waals surface area contributed by atoms with Crippen molar-refractivity contribution in [3.05, 3.63) is 92.8 Å². The molecule has 0 atom stereocenters. The van der Waals surface area contributed by atoms with Gasteiger partial charge < -0.3 is 10.2 Å². The maximum absolute atomic E-state index is 13.4. The fourth-order valence-corrected chi connectivity index (χ4v) is 3.85. The molecule has 140 valence electrons. The minimum Gasteiger partial charge on any atom is -0.322 e. The molecule has 1 N–H and O–H groups in total. The van der Waals surface area contributed by atoms with E-state index in [-0.39, 0.29) is 11.5 Å². The largest absolute Gasteiger partial charge is 0.322 e. The van der Waals surface area contributed by atoms with Crippen LogP contribution in [0.1, 0.15) is 26.3 Å². The van der Waals surface area contributed by atoms with Crippen LogP contribution in [0.5, 0.6) is 0 Å². The summed E-state index contributed by atoms with van der Waals surface area (Å²) in [7, 11) is 0. The zero-order valence-electron chi connectivity index (χ0n) is 14.8. The van der Waals surface area contributed by atoms with Crippen LogP contribution in [0.4, 0.5) is 15.8 Å². The first kappa shape index (κ1) is 18.6. The van der Waals surface area contributed by atoms with Gasteiger partial charge in [0.15, 0.2) is 0 Å². The number of hydrogen-bond donors (Lipinski definition) is 1. The van der Waals surface area contributed by atoms with E-state index in [4.69, 9.17) is 0 Å². The molecule has 0 saturated heterocycles. The molecule has 0 aliphatic carbocycles. The number of rotatable bonds is 3. The number of carbonyl (C=O) groups is 2. The van der Waals surface area contributed by atoms with Gasteiger partial charge in [-0.05, 0) is 83.1 Å². The summed E-state index contributed by atoms with van der Waals surface area (Å²) in [6.45, 7) is 0.661. The third-order valence-corrected chi connectivity index (χ3v) is 5.64. The lowest BCUT2D eigenvalue weighted by Crippen LogP contribution is -2.28. The molecule has 3 aromatic rings. The molecule has 6 heteroatoms. The summed E-state index contributed by atoms with van der Waals surface area (Å²) >= 11 is 1.99. The van der Waals surface area contributed by atoms with Crippen LogP contribution in [0, 0.1) is 9.39 Å². The predicted octanol–water partition coefficient (Wildman–Crippen LogP) is 4.89. The molecule has 1 aliphatic rings. The van der Waals surface area contributed by atoms with Crippen LogP contribution in [0.25, 0.3) is 0 Å². The lowest BCUT2D eigenvalue weighted by molar-refractivity contribution is 0.0988.